The molecule has 7 heavy (non-hydrogen) atoms. The largest absolute Gasteiger partial charge is 0.0582 e. The van der Waals surface area contributed by atoms with Gasteiger partial charge in [0.15, 0.2) is 0 Å². The van der Waals surface area contributed by atoms with Gasteiger partial charge >= 0.3 is 0 Å². The lowest BCUT2D eigenvalue weighted by Crippen LogP contribution is -1.61. The summed E-state index contributed by atoms with van der Waals surface area (Å²) in [4.78, 5) is 0. The SMILES string of the molecule is CC=S(I)(I)(I)I. The molecule has 0 bridgehead atoms. The molecule has 0 unspecified atom stereocenters. The molecule has 0 aromatic rings. The Morgan fingerprint density at radius 2 is 1.29 bits per heavy atom. The molecular formula is C2H4I4S. The summed E-state index contributed by atoms with van der Waals surface area (Å²) >= 11 is 9.95. The second kappa shape index (κ2) is 3.03. The van der Waals surface area contributed by atoms with Crippen molar-refractivity contribution in [2.45, 2.75) is 6.92 Å². The van der Waals surface area contributed by atoms with Crippen molar-refractivity contribution in [3.63, 3.8) is 0 Å². The highest BCUT2D eigenvalue weighted by Crippen LogP contribution is 2.86. The van der Waals surface area contributed by atoms with E-state index in [2.05, 4.69) is 97.1 Å². The first kappa shape index (κ1) is 10.1. The summed E-state index contributed by atoms with van der Waals surface area (Å²) in [6, 6.07) is 0. The van der Waals surface area contributed by atoms with E-state index >= 15 is 0 Å². The molecule has 0 aliphatic heterocycles. The van der Waals surface area contributed by atoms with E-state index in [0.717, 1.165) is 0 Å². The first-order valence-corrected chi connectivity index (χ1v) is 13.7. The molecule has 5 heteroatoms. The van der Waals surface area contributed by atoms with E-state index < -0.39 is -2.56 Å². The molecule has 0 aliphatic carbocycles. The highest BCUT2D eigenvalue weighted by molar-refractivity contribution is 14.6. The Hall–Kier alpha value is 3.14. The van der Waals surface area contributed by atoms with Gasteiger partial charge in [-0.1, -0.05) is -2.56 Å². The van der Waals surface area contributed by atoms with Gasteiger partial charge in [-0.3, -0.25) is 0 Å². The molecule has 0 spiro atoms. The summed E-state index contributed by atoms with van der Waals surface area (Å²) < 4.78 is -1.11. The summed E-state index contributed by atoms with van der Waals surface area (Å²) in [5, 5.41) is 2.26. The van der Waals surface area contributed by atoms with Crippen LogP contribution in [0, 0.1) is 0 Å². The quantitative estimate of drug-likeness (QED) is 0.298. The van der Waals surface area contributed by atoms with E-state index in [4.69, 9.17) is 0 Å². The molecule has 0 nitrogen and oxygen atoms in total. The van der Waals surface area contributed by atoms with Crippen LogP contribution < -0.4 is 0 Å². The van der Waals surface area contributed by atoms with Gasteiger partial charge in [-0.05, 0) is 97.1 Å². The third-order valence-corrected chi connectivity index (χ3v) is 7.17. The van der Waals surface area contributed by atoms with E-state index in [0.29, 0.717) is 0 Å². The highest BCUT2D eigenvalue weighted by Gasteiger charge is 2.12. The van der Waals surface area contributed by atoms with Gasteiger partial charge in [0.2, 0.25) is 0 Å². The standard InChI is InChI=1S/C2H4I4S/c1-2-7(3,4,5)6/h2H,1H3. The van der Waals surface area contributed by atoms with Gasteiger partial charge in [-0.15, -0.1) is 0 Å². The Kier molecular flexibility index (Phi) is 4.39. The third-order valence-electron chi connectivity index (χ3n) is 0.356. The minimum Gasteiger partial charge on any atom is -0.0582 e. The zero-order valence-corrected chi connectivity index (χ0v) is 12.9. The second-order valence-electron chi connectivity index (χ2n) is 0.942. The maximum atomic E-state index is 2.49. The minimum atomic E-state index is -1.11. The smallest absolute Gasteiger partial charge is 0.00131 e. The molecule has 0 fully saturated rings. The second-order valence-corrected chi connectivity index (χ2v) is 55.1. The topological polar surface area (TPSA) is 0 Å². The van der Waals surface area contributed by atoms with Crippen LogP contribution in [0.4, 0.5) is 0 Å². The fourth-order valence-electron chi connectivity index (χ4n) is 0. The van der Waals surface area contributed by atoms with E-state index in [1.54, 1.807) is 0 Å². The molecule has 0 saturated carbocycles. The summed E-state index contributed by atoms with van der Waals surface area (Å²) in [5.74, 6) is 0. The van der Waals surface area contributed by atoms with Crippen LogP contribution in [0.25, 0.3) is 0 Å². The fourth-order valence-corrected chi connectivity index (χ4v) is 0. The zero-order valence-electron chi connectivity index (χ0n) is 3.50. The molecule has 0 N–H and O–H groups in total. The van der Waals surface area contributed by atoms with Gasteiger partial charge in [0, 0.05) is 0 Å². The predicted molar refractivity (Wildman–Crippen MR) is 75.4 cm³/mol. The Labute approximate surface area is 92.2 Å². The predicted octanol–water partition coefficient (Wildman–Crippen LogP) is 4.55. The Bertz CT molecular complexity index is 107. The van der Waals surface area contributed by atoms with Crippen LogP contribution in [0.2, 0.25) is 0 Å². The molecular weight excluding hydrogens is 564 g/mol. The van der Waals surface area contributed by atoms with Gasteiger partial charge in [0.1, 0.15) is 0 Å². The van der Waals surface area contributed by atoms with Crippen molar-refractivity contribution in [1.82, 2.24) is 0 Å². The van der Waals surface area contributed by atoms with Crippen molar-refractivity contribution in [1.29, 1.82) is 0 Å². The lowest BCUT2D eigenvalue weighted by atomic mass is 11.0. The molecule has 0 atom stereocenters. The maximum Gasteiger partial charge on any atom is -0.00131 e. The zero-order chi connectivity index (χ0) is 6.15. The maximum absolute atomic E-state index is 2.49. The number of halogens is 4. The third kappa shape index (κ3) is 9.14. The fraction of sp³-hybridized carbons (Fsp3) is 0.500. The minimum absolute atomic E-state index is 1.11. The van der Waals surface area contributed by atoms with Crippen molar-refractivity contribution in [3.8, 4) is 0 Å². The molecule has 0 heterocycles. The molecule has 0 aromatic carbocycles. The molecule has 0 aliphatic rings. The van der Waals surface area contributed by atoms with Crippen molar-refractivity contribution in [2.24, 2.45) is 0 Å². The summed E-state index contributed by atoms with van der Waals surface area (Å²) in [5.41, 5.74) is 0. The van der Waals surface area contributed by atoms with Crippen LogP contribution in [0.5, 0.6) is 0 Å². The molecule has 0 radical (unpaired) electrons. The lowest BCUT2D eigenvalue weighted by Gasteiger charge is -2.19. The first-order valence-electron chi connectivity index (χ1n) is 1.43. The highest BCUT2D eigenvalue weighted by atomic mass is 127. The molecule has 0 amide bonds. The van der Waals surface area contributed by atoms with Crippen molar-refractivity contribution in [3.05, 3.63) is 0 Å². The van der Waals surface area contributed by atoms with Gasteiger partial charge in [-0.2, -0.15) is 0 Å². The van der Waals surface area contributed by atoms with Crippen LogP contribution in [-0.4, -0.2) is 5.37 Å². The van der Waals surface area contributed by atoms with E-state index in [1.165, 1.54) is 0 Å². The average molecular weight is 568 g/mol. The van der Waals surface area contributed by atoms with E-state index in [1.807, 2.05) is 0 Å². The van der Waals surface area contributed by atoms with E-state index in [9.17, 15) is 0 Å². The monoisotopic (exact) mass is 568 g/mol. The summed E-state index contributed by atoms with van der Waals surface area (Å²) in [6.45, 7) is 2.11. The molecule has 46 valence electrons. The summed E-state index contributed by atoms with van der Waals surface area (Å²) in [6.07, 6.45) is 0. The van der Waals surface area contributed by atoms with Crippen LogP contribution >= 0.6 is 82.3 Å². The van der Waals surface area contributed by atoms with Crippen LogP contribution in [0.1, 0.15) is 6.92 Å². The first-order chi connectivity index (χ1) is 2.81. The Balaban J connectivity index is 4.47. The summed E-state index contributed by atoms with van der Waals surface area (Å²) in [7, 11) is 0. The van der Waals surface area contributed by atoms with Crippen LogP contribution in [-0.2, 0) is 0 Å². The number of hydrogen-bond donors (Lipinski definition) is 0. The van der Waals surface area contributed by atoms with Crippen LogP contribution in [0.3, 0.4) is 0 Å². The van der Waals surface area contributed by atoms with Gasteiger partial charge in [0.25, 0.3) is 0 Å². The van der Waals surface area contributed by atoms with Crippen molar-refractivity contribution in [2.75, 3.05) is 0 Å². The molecule has 0 saturated heterocycles. The normalized spacial score (nSPS) is 17.6. The Morgan fingerprint density at radius 1 is 1.14 bits per heavy atom. The van der Waals surface area contributed by atoms with Gasteiger partial charge in [-0.25, -0.2) is 0 Å². The average Bonchev–Trinajstić information content (AvgIpc) is 1.32. The molecule has 0 rings (SSSR count). The van der Waals surface area contributed by atoms with Crippen LogP contribution in [0.15, 0.2) is 0 Å². The van der Waals surface area contributed by atoms with Crippen molar-refractivity contribution >= 4 is 87.6 Å². The number of rotatable bonds is 0. The van der Waals surface area contributed by atoms with Gasteiger partial charge in [0.05, 0.1) is 0 Å². The van der Waals surface area contributed by atoms with E-state index in [-0.39, 0.29) is 0 Å². The van der Waals surface area contributed by atoms with Crippen molar-refractivity contribution < 1.29 is 0 Å². The number of hydrogen-bond acceptors (Lipinski definition) is 0. The lowest BCUT2D eigenvalue weighted by molar-refractivity contribution is 2.14. The molecule has 0 aromatic heterocycles. The Morgan fingerprint density at radius 3 is 1.29 bits per heavy atom. The van der Waals surface area contributed by atoms with Gasteiger partial charge < -0.3 is 0 Å².